The van der Waals surface area contributed by atoms with Crippen LogP contribution in [0.4, 0.5) is 5.69 Å². The molecule has 1 amide bonds. The van der Waals surface area contributed by atoms with Crippen molar-refractivity contribution >= 4 is 33.0 Å². The molecule has 0 aliphatic heterocycles. The predicted octanol–water partition coefficient (Wildman–Crippen LogP) is 3.96. The molecule has 0 saturated carbocycles. The van der Waals surface area contributed by atoms with Crippen LogP contribution in [0.15, 0.2) is 18.2 Å². The number of nitrogens with one attached hydrogen (secondary N) is 1. The van der Waals surface area contributed by atoms with E-state index in [1.807, 2.05) is 32.0 Å². The van der Waals surface area contributed by atoms with Crippen LogP contribution < -0.4 is 11.1 Å². The summed E-state index contributed by atoms with van der Waals surface area (Å²) in [7, 11) is 0. The van der Waals surface area contributed by atoms with Gasteiger partial charge in [0, 0.05) is 16.1 Å². The van der Waals surface area contributed by atoms with Crippen molar-refractivity contribution in [1.82, 2.24) is 5.32 Å². The van der Waals surface area contributed by atoms with Gasteiger partial charge in [0.1, 0.15) is 4.88 Å². The quantitative estimate of drug-likeness (QED) is 0.879. The zero-order chi connectivity index (χ0) is 15.1. The molecule has 20 heavy (non-hydrogen) atoms. The summed E-state index contributed by atoms with van der Waals surface area (Å²) in [5.41, 5.74) is 7.91. The van der Waals surface area contributed by atoms with Gasteiger partial charge in [0.15, 0.2) is 0 Å². The summed E-state index contributed by atoms with van der Waals surface area (Å²) in [6.07, 6.45) is 0. The van der Waals surface area contributed by atoms with Crippen LogP contribution in [0.3, 0.4) is 0 Å². The number of aryl methyl sites for hydroxylation is 1. The highest BCUT2D eigenvalue weighted by molar-refractivity contribution is 7.21. The molecule has 108 valence electrons. The first-order chi connectivity index (χ1) is 9.20. The molecular weight excluding hydrogens is 268 g/mol. The number of anilines is 1. The number of nitrogens with two attached hydrogens (primary N) is 1. The summed E-state index contributed by atoms with van der Waals surface area (Å²) in [6, 6.07) is 6.18. The van der Waals surface area contributed by atoms with E-state index in [1.54, 1.807) is 0 Å². The van der Waals surface area contributed by atoms with E-state index >= 15 is 0 Å². The minimum Gasteiger partial charge on any atom is -0.397 e. The number of benzene rings is 1. The molecule has 0 saturated heterocycles. The minimum absolute atomic E-state index is 0.0255. The van der Waals surface area contributed by atoms with Crippen LogP contribution in [0.1, 0.15) is 42.9 Å². The van der Waals surface area contributed by atoms with Crippen molar-refractivity contribution in [3.63, 3.8) is 0 Å². The van der Waals surface area contributed by atoms with Crippen molar-refractivity contribution < 1.29 is 4.79 Å². The number of carbonyl (C=O) groups excluding carboxylic acids is 1. The average molecular weight is 290 g/mol. The Balaban J connectivity index is 2.34. The third kappa shape index (κ3) is 2.80. The van der Waals surface area contributed by atoms with Gasteiger partial charge in [-0.2, -0.15) is 0 Å². The largest absolute Gasteiger partial charge is 0.397 e. The molecule has 1 unspecified atom stereocenters. The SMILES string of the molecule is Cc1ccc2sc(C(=O)NC(C)C(C)(C)C)c(N)c2c1. The summed E-state index contributed by atoms with van der Waals surface area (Å²) in [5.74, 6) is -0.0798. The fourth-order valence-corrected chi connectivity index (χ4v) is 2.88. The number of hydrogen-bond donors (Lipinski definition) is 2. The van der Waals surface area contributed by atoms with Gasteiger partial charge in [0.05, 0.1) is 5.69 Å². The maximum Gasteiger partial charge on any atom is 0.263 e. The lowest BCUT2D eigenvalue weighted by atomic mass is 9.88. The monoisotopic (exact) mass is 290 g/mol. The number of thiophene rings is 1. The van der Waals surface area contributed by atoms with Gasteiger partial charge in [-0.1, -0.05) is 32.4 Å². The zero-order valence-corrected chi connectivity index (χ0v) is 13.5. The van der Waals surface area contributed by atoms with Gasteiger partial charge in [0.2, 0.25) is 0 Å². The van der Waals surface area contributed by atoms with Gasteiger partial charge in [-0.25, -0.2) is 0 Å². The standard InChI is InChI=1S/C16H22N2OS/c1-9-6-7-12-11(8-9)13(17)14(20-12)15(19)18-10(2)16(3,4)5/h6-8,10H,17H2,1-5H3,(H,18,19). The molecule has 4 heteroatoms. The topological polar surface area (TPSA) is 55.1 Å². The Kier molecular flexibility index (Phi) is 3.78. The summed E-state index contributed by atoms with van der Waals surface area (Å²) >= 11 is 1.46. The van der Waals surface area contributed by atoms with Crippen LogP contribution in [-0.4, -0.2) is 11.9 Å². The number of amides is 1. The van der Waals surface area contributed by atoms with E-state index in [0.717, 1.165) is 15.6 Å². The first-order valence-corrected chi connectivity index (χ1v) is 7.61. The molecule has 1 aromatic heterocycles. The highest BCUT2D eigenvalue weighted by atomic mass is 32.1. The van der Waals surface area contributed by atoms with Crippen molar-refractivity contribution in [3.05, 3.63) is 28.6 Å². The lowest BCUT2D eigenvalue weighted by Crippen LogP contribution is -2.41. The normalized spacial score (nSPS) is 13.4. The molecule has 0 bridgehead atoms. The van der Waals surface area contributed by atoms with E-state index in [-0.39, 0.29) is 17.4 Å². The fourth-order valence-electron chi connectivity index (χ4n) is 1.88. The number of carbonyl (C=O) groups is 1. The molecule has 0 aliphatic carbocycles. The van der Waals surface area contributed by atoms with Gasteiger partial charge in [-0.3, -0.25) is 4.79 Å². The molecule has 1 heterocycles. The van der Waals surface area contributed by atoms with Gasteiger partial charge < -0.3 is 11.1 Å². The molecule has 1 aromatic carbocycles. The van der Waals surface area contributed by atoms with Crippen LogP contribution in [0.5, 0.6) is 0 Å². The van der Waals surface area contributed by atoms with Crippen LogP contribution in [-0.2, 0) is 0 Å². The Morgan fingerprint density at radius 3 is 2.60 bits per heavy atom. The molecule has 0 radical (unpaired) electrons. The third-order valence-corrected chi connectivity index (χ3v) is 4.92. The van der Waals surface area contributed by atoms with Crippen LogP contribution >= 0.6 is 11.3 Å². The number of hydrogen-bond acceptors (Lipinski definition) is 3. The lowest BCUT2D eigenvalue weighted by Gasteiger charge is -2.27. The second kappa shape index (κ2) is 5.09. The molecule has 2 aromatic rings. The molecule has 1 atom stereocenters. The Labute approximate surface area is 124 Å². The van der Waals surface area contributed by atoms with Crippen LogP contribution in [0.2, 0.25) is 0 Å². The summed E-state index contributed by atoms with van der Waals surface area (Å²) in [4.78, 5) is 13.0. The Hall–Kier alpha value is -1.55. The zero-order valence-electron chi connectivity index (χ0n) is 12.7. The van der Waals surface area contributed by atoms with Gasteiger partial charge in [-0.05, 0) is 31.4 Å². The van der Waals surface area contributed by atoms with Crippen molar-refractivity contribution in [2.45, 2.75) is 40.7 Å². The maximum atomic E-state index is 12.4. The summed E-state index contributed by atoms with van der Waals surface area (Å²) in [6.45, 7) is 10.4. The Morgan fingerprint density at radius 2 is 2.00 bits per heavy atom. The molecule has 3 N–H and O–H groups in total. The smallest absolute Gasteiger partial charge is 0.263 e. The van der Waals surface area contributed by atoms with Gasteiger partial charge in [-0.15, -0.1) is 11.3 Å². The molecular formula is C16H22N2OS. The predicted molar refractivity (Wildman–Crippen MR) is 87.4 cm³/mol. The third-order valence-electron chi connectivity index (χ3n) is 3.73. The van der Waals surface area contributed by atoms with E-state index in [1.165, 1.54) is 11.3 Å². The second-order valence-corrected chi connectivity index (χ2v) is 7.46. The first-order valence-electron chi connectivity index (χ1n) is 6.79. The summed E-state index contributed by atoms with van der Waals surface area (Å²) in [5, 5.41) is 4.02. The second-order valence-electron chi connectivity index (χ2n) is 6.41. The molecule has 2 rings (SSSR count). The number of rotatable bonds is 2. The van der Waals surface area contributed by atoms with E-state index < -0.39 is 0 Å². The van der Waals surface area contributed by atoms with E-state index in [9.17, 15) is 4.79 Å². The Bertz CT molecular complexity index is 652. The maximum absolute atomic E-state index is 12.4. The van der Waals surface area contributed by atoms with Crippen molar-refractivity contribution in [3.8, 4) is 0 Å². The van der Waals surface area contributed by atoms with E-state index in [4.69, 9.17) is 5.73 Å². The first kappa shape index (κ1) is 14.9. The molecule has 0 aliphatic rings. The lowest BCUT2D eigenvalue weighted by molar-refractivity contribution is 0.0915. The van der Waals surface area contributed by atoms with E-state index in [0.29, 0.717) is 10.6 Å². The van der Waals surface area contributed by atoms with Crippen LogP contribution in [0.25, 0.3) is 10.1 Å². The molecule has 0 spiro atoms. The highest BCUT2D eigenvalue weighted by Gasteiger charge is 2.24. The number of nitrogen functional groups attached to an aromatic ring is 1. The van der Waals surface area contributed by atoms with Crippen molar-refractivity contribution in [2.75, 3.05) is 5.73 Å². The summed E-state index contributed by atoms with van der Waals surface area (Å²) < 4.78 is 1.06. The molecule has 0 fully saturated rings. The number of fused-ring (bicyclic) bond motifs is 1. The van der Waals surface area contributed by atoms with Gasteiger partial charge >= 0.3 is 0 Å². The van der Waals surface area contributed by atoms with Gasteiger partial charge in [0.25, 0.3) is 5.91 Å². The minimum atomic E-state index is -0.0798. The highest BCUT2D eigenvalue weighted by Crippen LogP contribution is 2.34. The average Bonchev–Trinajstić information content (AvgIpc) is 2.65. The van der Waals surface area contributed by atoms with Crippen LogP contribution in [0, 0.1) is 12.3 Å². The van der Waals surface area contributed by atoms with Crippen molar-refractivity contribution in [2.24, 2.45) is 5.41 Å². The molecule has 3 nitrogen and oxygen atoms in total. The van der Waals surface area contributed by atoms with Crippen molar-refractivity contribution in [1.29, 1.82) is 0 Å². The fraction of sp³-hybridized carbons (Fsp3) is 0.438. The Morgan fingerprint density at radius 1 is 1.35 bits per heavy atom. The van der Waals surface area contributed by atoms with E-state index in [2.05, 4.69) is 26.1 Å².